The van der Waals surface area contributed by atoms with Crippen molar-refractivity contribution in [1.82, 2.24) is 0 Å². The molecule has 0 heterocycles. The fourth-order valence-corrected chi connectivity index (χ4v) is 5.18. The van der Waals surface area contributed by atoms with E-state index in [0.717, 1.165) is 18.3 Å². The smallest absolute Gasteiger partial charge is 0.136 e. The third-order valence-electron chi connectivity index (χ3n) is 5.55. The first-order chi connectivity index (χ1) is 7.17. The standard InChI is InChI=1S/C14H22O/c1-9(2)12-10-5-3-7-14(10)8-4-6-11(15)13(12)14/h9-10,12-13H,3-8H2,1-2H3/t10-,12+,13+,14-/m1/s1. The van der Waals surface area contributed by atoms with E-state index >= 15 is 0 Å². The van der Waals surface area contributed by atoms with Crippen molar-refractivity contribution < 1.29 is 4.79 Å². The van der Waals surface area contributed by atoms with E-state index < -0.39 is 0 Å². The number of hydrogen-bond acceptors (Lipinski definition) is 1. The van der Waals surface area contributed by atoms with Crippen LogP contribution in [0, 0.1) is 29.1 Å². The first-order valence-electron chi connectivity index (χ1n) is 6.69. The van der Waals surface area contributed by atoms with Crippen molar-refractivity contribution in [3.05, 3.63) is 0 Å². The van der Waals surface area contributed by atoms with Gasteiger partial charge in [-0.15, -0.1) is 0 Å². The van der Waals surface area contributed by atoms with Gasteiger partial charge in [0.25, 0.3) is 0 Å². The van der Waals surface area contributed by atoms with Crippen molar-refractivity contribution in [2.75, 3.05) is 0 Å². The van der Waals surface area contributed by atoms with Crippen LogP contribution < -0.4 is 0 Å². The van der Waals surface area contributed by atoms with E-state index in [1.54, 1.807) is 0 Å². The highest BCUT2D eigenvalue weighted by molar-refractivity contribution is 5.84. The van der Waals surface area contributed by atoms with E-state index in [1.165, 1.54) is 32.1 Å². The Labute approximate surface area is 92.6 Å². The Bertz CT molecular complexity index is 294. The first-order valence-corrected chi connectivity index (χ1v) is 6.69. The maximum absolute atomic E-state index is 12.1. The molecule has 3 saturated carbocycles. The number of ketones is 1. The van der Waals surface area contributed by atoms with E-state index in [2.05, 4.69) is 13.8 Å². The lowest BCUT2D eigenvalue weighted by atomic mass is 9.41. The lowest BCUT2D eigenvalue weighted by Gasteiger charge is -2.62. The maximum Gasteiger partial charge on any atom is 0.136 e. The molecule has 0 bridgehead atoms. The van der Waals surface area contributed by atoms with Gasteiger partial charge in [0.15, 0.2) is 0 Å². The summed E-state index contributed by atoms with van der Waals surface area (Å²) >= 11 is 0. The van der Waals surface area contributed by atoms with Crippen LogP contribution >= 0.6 is 0 Å². The summed E-state index contributed by atoms with van der Waals surface area (Å²) in [6, 6.07) is 0. The molecule has 15 heavy (non-hydrogen) atoms. The van der Waals surface area contributed by atoms with E-state index in [9.17, 15) is 4.79 Å². The molecule has 0 unspecified atom stereocenters. The minimum absolute atomic E-state index is 0.471. The zero-order valence-corrected chi connectivity index (χ0v) is 9.96. The molecule has 0 radical (unpaired) electrons. The van der Waals surface area contributed by atoms with E-state index in [1.807, 2.05) is 0 Å². The van der Waals surface area contributed by atoms with Gasteiger partial charge in [0, 0.05) is 12.3 Å². The fourth-order valence-electron chi connectivity index (χ4n) is 5.18. The minimum Gasteiger partial charge on any atom is -0.299 e. The molecule has 1 spiro atoms. The highest BCUT2D eigenvalue weighted by atomic mass is 16.1. The van der Waals surface area contributed by atoms with Crippen LogP contribution in [0.25, 0.3) is 0 Å². The monoisotopic (exact) mass is 206 g/mol. The quantitative estimate of drug-likeness (QED) is 0.642. The van der Waals surface area contributed by atoms with Gasteiger partial charge in [0.1, 0.15) is 5.78 Å². The first kappa shape index (κ1) is 9.86. The van der Waals surface area contributed by atoms with E-state index in [0.29, 0.717) is 23.0 Å². The van der Waals surface area contributed by atoms with Crippen molar-refractivity contribution in [2.24, 2.45) is 29.1 Å². The third-order valence-corrected chi connectivity index (χ3v) is 5.55. The van der Waals surface area contributed by atoms with Crippen LogP contribution in [0.5, 0.6) is 0 Å². The van der Waals surface area contributed by atoms with Crippen molar-refractivity contribution in [1.29, 1.82) is 0 Å². The van der Waals surface area contributed by atoms with Crippen molar-refractivity contribution >= 4 is 5.78 Å². The molecule has 0 saturated heterocycles. The Morgan fingerprint density at radius 3 is 2.73 bits per heavy atom. The van der Waals surface area contributed by atoms with E-state index in [4.69, 9.17) is 0 Å². The molecule has 3 rings (SSSR count). The molecule has 0 aromatic heterocycles. The third kappa shape index (κ3) is 1.07. The van der Waals surface area contributed by atoms with Crippen LogP contribution in [0.4, 0.5) is 0 Å². The van der Waals surface area contributed by atoms with Crippen LogP contribution in [-0.4, -0.2) is 5.78 Å². The van der Waals surface area contributed by atoms with Crippen molar-refractivity contribution in [2.45, 2.75) is 52.4 Å². The van der Waals surface area contributed by atoms with Crippen LogP contribution in [-0.2, 0) is 4.79 Å². The van der Waals surface area contributed by atoms with Gasteiger partial charge in [0.05, 0.1) is 0 Å². The average molecular weight is 206 g/mol. The molecule has 84 valence electrons. The van der Waals surface area contributed by atoms with Gasteiger partial charge in [0.2, 0.25) is 0 Å². The second-order valence-corrected chi connectivity index (χ2v) is 6.35. The molecular formula is C14H22O. The number of hydrogen-bond donors (Lipinski definition) is 0. The molecule has 0 amide bonds. The minimum atomic E-state index is 0.471. The van der Waals surface area contributed by atoms with Gasteiger partial charge < -0.3 is 0 Å². The Morgan fingerprint density at radius 2 is 2.00 bits per heavy atom. The summed E-state index contributed by atoms with van der Waals surface area (Å²) in [7, 11) is 0. The Hall–Kier alpha value is -0.330. The predicted octanol–water partition coefficient (Wildman–Crippen LogP) is 3.43. The van der Waals surface area contributed by atoms with Crippen LogP contribution in [0.15, 0.2) is 0 Å². The highest BCUT2D eigenvalue weighted by Gasteiger charge is 2.66. The Balaban J connectivity index is 1.93. The second kappa shape index (κ2) is 3.09. The van der Waals surface area contributed by atoms with Crippen LogP contribution in [0.2, 0.25) is 0 Å². The molecule has 0 N–H and O–H groups in total. The zero-order valence-electron chi connectivity index (χ0n) is 9.96. The molecule has 0 aliphatic heterocycles. The van der Waals surface area contributed by atoms with Crippen LogP contribution in [0.1, 0.15) is 52.4 Å². The Morgan fingerprint density at radius 1 is 1.27 bits per heavy atom. The van der Waals surface area contributed by atoms with Crippen molar-refractivity contribution in [3.8, 4) is 0 Å². The molecule has 3 aliphatic carbocycles. The maximum atomic E-state index is 12.1. The van der Waals surface area contributed by atoms with Gasteiger partial charge in [-0.25, -0.2) is 0 Å². The number of Topliss-reactive ketones (excluding diaryl/α,β-unsaturated/α-hetero) is 1. The largest absolute Gasteiger partial charge is 0.299 e. The molecule has 1 heteroatoms. The molecule has 1 nitrogen and oxygen atoms in total. The van der Waals surface area contributed by atoms with Crippen molar-refractivity contribution in [3.63, 3.8) is 0 Å². The predicted molar refractivity (Wildman–Crippen MR) is 60.5 cm³/mol. The summed E-state index contributed by atoms with van der Waals surface area (Å²) < 4.78 is 0. The summed E-state index contributed by atoms with van der Waals surface area (Å²) in [5, 5.41) is 0. The fraction of sp³-hybridized carbons (Fsp3) is 0.929. The average Bonchev–Trinajstić information content (AvgIpc) is 2.47. The Kier molecular flexibility index (Phi) is 2.03. The molecule has 0 aromatic rings. The van der Waals surface area contributed by atoms with Gasteiger partial charge in [-0.3, -0.25) is 4.79 Å². The molecule has 3 fully saturated rings. The normalized spacial score (nSPS) is 48.7. The lowest BCUT2D eigenvalue weighted by Crippen LogP contribution is -2.60. The SMILES string of the molecule is CC(C)[C@H]1[C@H]2CCC[C@@]23CCCC(=O)[C@@H]13. The summed E-state index contributed by atoms with van der Waals surface area (Å²) in [6.45, 7) is 4.63. The molecule has 4 atom stereocenters. The second-order valence-electron chi connectivity index (χ2n) is 6.35. The topological polar surface area (TPSA) is 17.1 Å². The van der Waals surface area contributed by atoms with Gasteiger partial charge in [-0.05, 0) is 48.9 Å². The molecule has 3 aliphatic rings. The number of carbonyl (C=O) groups is 1. The summed E-state index contributed by atoms with van der Waals surface area (Å²) in [5.41, 5.74) is 0.504. The lowest BCUT2D eigenvalue weighted by molar-refractivity contribution is -0.171. The summed E-state index contributed by atoms with van der Waals surface area (Å²) in [5.74, 6) is 3.44. The zero-order chi connectivity index (χ0) is 10.6. The van der Waals surface area contributed by atoms with Gasteiger partial charge in [-0.1, -0.05) is 20.3 Å². The molecular weight excluding hydrogens is 184 g/mol. The number of carbonyl (C=O) groups excluding carboxylic acids is 1. The number of rotatable bonds is 1. The molecule has 0 aromatic carbocycles. The highest BCUT2D eigenvalue weighted by Crippen LogP contribution is 2.70. The van der Waals surface area contributed by atoms with E-state index in [-0.39, 0.29) is 0 Å². The van der Waals surface area contributed by atoms with Gasteiger partial charge in [-0.2, -0.15) is 0 Å². The van der Waals surface area contributed by atoms with Crippen LogP contribution in [0.3, 0.4) is 0 Å². The summed E-state index contributed by atoms with van der Waals surface area (Å²) in [6.07, 6.45) is 7.57. The van der Waals surface area contributed by atoms with Gasteiger partial charge >= 0.3 is 0 Å². The summed E-state index contributed by atoms with van der Waals surface area (Å²) in [4.78, 5) is 12.1.